The zero-order chi connectivity index (χ0) is 35.8. The van der Waals surface area contributed by atoms with Gasteiger partial charge in [-0.25, -0.2) is 0 Å². The Bertz CT molecular complexity index is 2750. The highest BCUT2D eigenvalue weighted by Gasteiger charge is 2.15. The highest BCUT2D eigenvalue weighted by molar-refractivity contribution is 5.98. The largest absolute Gasteiger partial charge is 0.456 e. The first-order chi connectivity index (χ1) is 26.7. The van der Waals surface area contributed by atoms with Gasteiger partial charge in [-0.15, -0.1) is 0 Å². The normalized spacial score (nSPS) is 11.3. The van der Waals surface area contributed by atoms with Crippen molar-refractivity contribution in [2.45, 2.75) is 0 Å². The van der Waals surface area contributed by atoms with E-state index in [1.807, 2.05) is 18.2 Å². The summed E-state index contributed by atoms with van der Waals surface area (Å²) >= 11 is 0. The van der Waals surface area contributed by atoms with Crippen LogP contribution in [-0.4, -0.2) is 0 Å². The maximum absolute atomic E-state index is 6.20. The Morgan fingerprint density at radius 2 is 0.741 bits per heavy atom. The van der Waals surface area contributed by atoms with Crippen LogP contribution in [0.15, 0.2) is 217 Å². The van der Waals surface area contributed by atoms with Crippen molar-refractivity contribution in [3.05, 3.63) is 212 Å². The SMILES string of the molecule is c1cc(-c2ccc(N(c3ccc(-c4cccc5ccccc45)cc3)c3ccc(-c4cccc5ccccc45)cc3)cc2)cc(-c2cc3ccccc3o2)c1. The number of hydrogen-bond donors (Lipinski definition) is 0. The highest BCUT2D eigenvalue weighted by Crippen LogP contribution is 2.40. The minimum absolute atomic E-state index is 0.875. The van der Waals surface area contributed by atoms with Crippen molar-refractivity contribution in [1.29, 1.82) is 0 Å². The molecule has 0 radical (unpaired) electrons. The van der Waals surface area contributed by atoms with Gasteiger partial charge in [0.1, 0.15) is 11.3 Å². The van der Waals surface area contributed by atoms with E-state index in [0.29, 0.717) is 0 Å². The molecule has 0 aliphatic heterocycles. The Kier molecular flexibility index (Phi) is 7.85. The van der Waals surface area contributed by atoms with Gasteiger partial charge >= 0.3 is 0 Å². The first-order valence-electron chi connectivity index (χ1n) is 18.4. The Hall–Kier alpha value is -7.16. The van der Waals surface area contributed by atoms with E-state index in [-0.39, 0.29) is 0 Å². The Balaban J connectivity index is 1.02. The van der Waals surface area contributed by atoms with E-state index in [1.54, 1.807) is 0 Å². The lowest BCUT2D eigenvalue weighted by atomic mass is 9.97. The van der Waals surface area contributed by atoms with Crippen LogP contribution in [0.5, 0.6) is 0 Å². The van der Waals surface area contributed by atoms with Crippen LogP contribution < -0.4 is 4.90 Å². The number of nitrogens with zero attached hydrogens (tertiary/aromatic N) is 1. The smallest absolute Gasteiger partial charge is 0.135 e. The summed E-state index contributed by atoms with van der Waals surface area (Å²) in [6.45, 7) is 0. The minimum atomic E-state index is 0.875. The van der Waals surface area contributed by atoms with Crippen molar-refractivity contribution in [3.63, 3.8) is 0 Å². The van der Waals surface area contributed by atoms with Gasteiger partial charge in [-0.1, -0.05) is 158 Å². The van der Waals surface area contributed by atoms with E-state index in [2.05, 4.69) is 199 Å². The van der Waals surface area contributed by atoms with E-state index in [9.17, 15) is 0 Å². The zero-order valence-corrected chi connectivity index (χ0v) is 29.6. The molecule has 0 saturated heterocycles. The van der Waals surface area contributed by atoms with E-state index in [0.717, 1.165) is 50.5 Å². The second-order valence-electron chi connectivity index (χ2n) is 13.8. The van der Waals surface area contributed by atoms with Crippen LogP contribution >= 0.6 is 0 Å². The second kappa shape index (κ2) is 13.4. The molecule has 0 amide bonds. The summed E-state index contributed by atoms with van der Waals surface area (Å²) in [7, 11) is 0. The van der Waals surface area contributed by atoms with E-state index >= 15 is 0 Å². The van der Waals surface area contributed by atoms with Crippen LogP contribution in [0.4, 0.5) is 17.1 Å². The second-order valence-corrected chi connectivity index (χ2v) is 13.8. The summed E-state index contributed by atoms with van der Waals surface area (Å²) in [4.78, 5) is 2.34. The third-order valence-corrected chi connectivity index (χ3v) is 10.5. The number of anilines is 3. The lowest BCUT2D eigenvalue weighted by molar-refractivity contribution is 0.631. The molecule has 0 spiro atoms. The molecule has 0 N–H and O–H groups in total. The topological polar surface area (TPSA) is 16.4 Å². The van der Waals surface area contributed by atoms with Gasteiger partial charge in [0.05, 0.1) is 0 Å². The number of rotatable bonds is 7. The van der Waals surface area contributed by atoms with Gasteiger partial charge in [0.2, 0.25) is 0 Å². The van der Waals surface area contributed by atoms with E-state index in [1.165, 1.54) is 43.8 Å². The number of benzene rings is 9. The van der Waals surface area contributed by atoms with Crippen LogP contribution in [0, 0.1) is 0 Å². The fraction of sp³-hybridized carbons (Fsp3) is 0. The molecule has 10 rings (SSSR count). The van der Waals surface area contributed by atoms with Crippen molar-refractivity contribution < 1.29 is 4.42 Å². The predicted octanol–water partition coefficient (Wildman–Crippen LogP) is 14.9. The summed E-state index contributed by atoms with van der Waals surface area (Å²) in [5, 5.41) is 6.12. The van der Waals surface area contributed by atoms with Crippen molar-refractivity contribution in [2.24, 2.45) is 0 Å². The highest BCUT2D eigenvalue weighted by atomic mass is 16.3. The number of furan rings is 1. The molecule has 0 fully saturated rings. The lowest BCUT2D eigenvalue weighted by Gasteiger charge is -2.26. The standard InChI is InChI=1S/C52H35NO/c1-4-17-47-37(10-1)13-8-19-49(47)39-24-30-45(31-25-39)53(46-32-26-40(27-33-46)50-20-9-14-38-11-2-5-18-48(38)50)44-28-22-36(23-29-44)41-15-7-16-42(34-41)52-35-43-12-3-6-21-51(43)54-52/h1-35H. The average Bonchev–Trinajstić information content (AvgIpc) is 3.69. The van der Waals surface area contributed by atoms with Crippen molar-refractivity contribution in [1.82, 2.24) is 0 Å². The van der Waals surface area contributed by atoms with Crippen LogP contribution in [0.2, 0.25) is 0 Å². The first kappa shape index (κ1) is 31.6. The van der Waals surface area contributed by atoms with Crippen LogP contribution in [-0.2, 0) is 0 Å². The molecule has 0 unspecified atom stereocenters. The average molecular weight is 690 g/mol. The van der Waals surface area contributed by atoms with Gasteiger partial charge in [0, 0.05) is 28.0 Å². The number of hydrogen-bond acceptors (Lipinski definition) is 2. The van der Waals surface area contributed by atoms with Gasteiger partial charge in [0.15, 0.2) is 0 Å². The summed E-state index contributed by atoms with van der Waals surface area (Å²) in [6, 6.07) is 75.9. The first-order valence-corrected chi connectivity index (χ1v) is 18.4. The summed E-state index contributed by atoms with van der Waals surface area (Å²) in [5.41, 5.74) is 12.4. The number of para-hydroxylation sites is 1. The maximum Gasteiger partial charge on any atom is 0.135 e. The van der Waals surface area contributed by atoms with E-state index < -0.39 is 0 Å². The van der Waals surface area contributed by atoms with Gasteiger partial charge in [-0.05, 0) is 110 Å². The molecule has 1 aromatic heterocycles. The molecule has 2 nitrogen and oxygen atoms in total. The molecule has 54 heavy (non-hydrogen) atoms. The molecule has 0 bridgehead atoms. The van der Waals surface area contributed by atoms with E-state index in [4.69, 9.17) is 4.42 Å². The lowest BCUT2D eigenvalue weighted by Crippen LogP contribution is -2.09. The fourth-order valence-electron chi connectivity index (χ4n) is 7.76. The Labute approximate surface area is 314 Å². The van der Waals surface area contributed by atoms with Crippen LogP contribution in [0.3, 0.4) is 0 Å². The Morgan fingerprint density at radius 3 is 1.30 bits per heavy atom. The van der Waals surface area contributed by atoms with Gasteiger partial charge in [0.25, 0.3) is 0 Å². The maximum atomic E-state index is 6.20. The van der Waals surface area contributed by atoms with Crippen molar-refractivity contribution in [2.75, 3.05) is 4.90 Å². The van der Waals surface area contributed by atoms with Gasteiger partial charge in [-0.3, -0.25) is 0 Å². The third kappa shape index (κ3) is 5.81. The zero-order valence-electron chi connectivity index (χ0n) is 29.6. The predicted molar refractivity (Wildman–Crippen MR) is 228 cm³/mol. The molecule has 0 atom stereocenters. The van der Waals surface area contributed by atoms with Crippen molar-refractivity contribution >= 4 is 49.6 Å². The summed E-state index contributed by atoms with van der Waals surface area (Å²) in [5.74, 6) is 0.875. The molecule has 254 valence electrons. The monoisotopic (exact) mass is 689 g/mol. The summed E-state index contributed by atoms with van der Waals surface area (Å²) < 4.78 is 6.20. The molecule has 10 aromatic rings. The molecule has 0 saturated carbocycles. The third-order valence-electron chi connectivity index (χ3n) is 10.5. The molecule has 0 aliphatic carbocycles. The molecular formula is C52H35NO. The molecule has 1 heterocycles. The minimum Gasteiger partial charge on any atom is -0.456 e. The molecule has 2 heteroatoms. The quantitative estimate of drug-likeness (QED) is 0.166. The van der Waals surface area contributed by atoms with Crippen LogP contribution in [0.1, 0.15) is 0 Å². The van der Waals surface area contributed by atoms with Crippen molar-refractivity contribution in [3.8, 4) is 44.7 Å². The Morgan fingerprint density at radius 1 is 0.296 bits per heavy atom. The molecule has 9 aromatic carbocycles. The number of fused-ring (bicyclic) bond motifs is 3. The molecular weight excluding hydrogens is 655 g/mol. The fourth-order valence-corrected chi connectivity index (χ4v) is 7.76. The summed E-state index contributed by atoms with van der Waals surface area (Å²) in [6.07, 6.45) is 0. The van der Waals surface area contributed by atoms with Gasteiger partial charge in [-0.2, -0.15) is 0 Å². The van der Waals surface area contributed by atoms with Crippen LogP contribution in [0.25, 0.3) is 77.2 Å². The molecule has 0 aliphatic rings. The van der Waals surface area contributed by atoms with Gasteiger partial charge < -0.3 is 9.32 Å².